The number of nitriles is 1. The lowest BCUT2D eigenvalue weighted by Gasteiger charge is -2.10. The molecule has 6 rings (SSSR count). The number of nitrogens with zero attached hydrogens (tertiary/aromatic N) is 3. The van der Waals surface area contributed by atoms with Gasteiger partial charge in [-0.25, -0.2) is 9.97 Å². The minimum atomic E-state index is 0.391. The Morgan fingerprint density at radius 2 is 1.48 bits per heavy atom. The second-order valence-electron chi connectivity index (χ2n) is 7.39. The molecule has 0 aliphatic rings. The molecule has 0 amide bonds. The van der Waals surface area contributed by atoms with Crippen molar-refractivity contribution in [1.82, 2.24) is 9.97 Å². The summed E-state index contributed by atoms with van der Waals surface area (Å²) >= 11 is 1.82. The van der Waals surface area contributed by atoms with Crippen LogP contribution in [0.15, 0.2) is 91.1 Å². The molecule has 31 heavy (non-hydrogen) atoms. The third-order valence-electron chi connectivity index (χ3n) is 5.58. The normalized spacial score (nSPS) is 11.2. The van der Waals surface area contributed by atoms with Crippen LogP contribution in [-0.4, -0.2) is 9.97 Å². The van der Waals surface area contributed by atoms with Crippen molar-refractivity contribution in [2.24, 2.45) is 0 Å². The second-order valence-corrected chi connectivity index (χ2v) is 8.47. The maximum Gasteiger partial charge on any atom is 0.141 e. The van der Waals surface area contributed by atoms with E-state index < -0.39 is 0 Å². The third-order valence-corrected chi connectivity index (χ3v) is 6.70. The molecule has 0 spiro atoms. The average Bonchev–Trinajstić information content (AvgIpc) is 3.22. The van der Waals surface area contributed by atoms with E-state index in [4.69, 9.17) is 4.98 Å². The maximum absolute atomic E-state index is 9.19. The number of hydrogen-bond donors (Lipinski definition) is 0. The highest BCUT2D eigenvalue weighted by Gasteiger charge is 2.14. The summed E-state index contributed by atoms with van der Waals surface area (Å²) in [6, 6.07) is 31.2. The summed E-state index contributed by atoms with van der Waals surface area (Å²) < 4.78 is 2.56. The zero-order valence-electron chi connectivity index (χ0n) is 16.4. The van der Waals surface area contributed by atoms with Crippen molar-refractivity contribution in [2.75, 3.05) is 0 Å². The van der Waals surface area contributed by atoms with Gasteiger partial charge in [-0.05, 0) is 47.2 Å². The van der Waals surface area contributed by atoms with Gasteiger partial charge < -0.3 is 0 Å². The lowest BCUT2D eigenvalue weighted by atomic mass is 9.97. The molecular weight excluding hydrogens is 398 g/mol. The van der Waals surface area contributed by atoms with Crippen molar-refractivity contribution in [3.63, 3.8) is 0 Å². The van der Waals surface area contributed by atoms with Crippen molar-refractivity contribution in [3.8, 4) is 28.6 Å². The fourth-order valence-corrected chi connectivity index (χ4v) is 5.36. The van der Waals surface area contributed by atoms with Gasteiger partial charge in [0, 0.05) is 37.5 Å². The van der Waals surface area contributed by atoms with Gasteiger partial charge in [-0.15, -0.1) is 11.3 Å². The van der Waals surface area contributed by atoms with Crippen LogP contribution in [0.5, 0.6) is 0 Å². The monoisotopic (exact) mass is 413 g/mol. The first-order valence-corrected chi connectivity index (χ1v) is 10.8. The van der Waals surface area contributed by atoms with E-state index in [1.165, 1.54) is 30.9 Å². The van der Waals surface area contributed by atoms with E-state index >= 15 is 0 Å². The zero-order chi connectivity index (χ0) is 20.8. The standard InChI is InChI=1S/C27H15N3S/c28-16-18-14-17(12-13-29-18)23-9-5-10-24(30-23)22-15-26-27(20-7-2-1-6-19(20)22)21-8-3-4-11-25(21)31-26/h1-15H. The van der Waals surface area contributed by atoms with Crippen LogP contribution in [0.3, 0.4) is 0 Å². The molecule has 3 nitrogen and oxygen atoms in total. The van der Waals surface area contributed by atoms with Gasteiger partial charge in [0.25, 0.3) is 0 Å². The van der Waals surface area contributed by atoms with Gasteiger partial charge in [0.1, 0.15) is 11.8 Å². The Bertz CT molecular complexity index is 1660. The van der Waals surface area contributed by atoms with Crippen molar-refractivity contribution >= 4 is 42.3 Å². The Morgan fingerprint density at radius 3 is 2.35 bits per heavy atom. The first-order chi connectivity index (χ1) is 15.3. The molecule has 0 radical (unpaired) electrons. The van der Waals surface area contributed by atoms with E-state index in [1.54, 1.807) is 12.3 Å². The summed E-state index contributed by atoms with van der Waals surface area (Å²) in [5.74, 6) is 0. The highest BCUT2D eigenvalue weighted by molar-refractivity contribution is 7.26. The number of thiophene rings is 1. The van der Waals surface area contributed by atoms with Crippen molar-refractivity contribution < 1.29 is 0 Å². The van der Waals surface area contributed by atoms with Crippen LogP contribution in [0.4, 0.5) is 0 Å². The van der Waals surface area contributed by atoms with Crippen LogP contribution in [0.25, 0.3) is 53.5 Å². The van der Waals surface area contributed by atoms with Crippen LogP contribution < -0.4 is 0 Å². The molecule has 3 aromatic heterocycles. The SMILES string of the molecule is N#Cc1cc(-c2cccc(-c3cc4sc5ccccc5c4c4ccccc34)n2)ccn1. The molecule has 0 saturated heterocycles. The molecule has 0 atom stereocenters. The number of fused-ring (bicyclic) bond motifs is 5. The van der Waals surface area contributed by atoms with E-state index in [2.05, 4.69) is 71.7 Å². The quantitative estimate of drug-likeness (QED) is 0.301. The summed E-state index contributed by atoms with van der Waals surface area (Å²) in [5.41, 5.74) is 4.15. The van der Waals surface area contributed by atoms with Crippen LogP contribution in [0.1, 0.15) is 5.69 Å². The van der Waals surface area contributed by atoms with E-state index in [0.29, 0.717) is 5.69 Å². The maximum atomic E-state index is 9.19. The van der Waals surface area contributed by atoms with Crippen LogP contribution in [-0.2, 0) is 0 Å². The van der Waals surface area contributed by atoms with Gasteiger partial charge in [-0.3, -0.25) is 0 Å². The van der Waals surface area contributed by atoms with Crippen molar-refractivity contribution in [3.05, 3.63) is 96.8 Å². The summed E-state index contributed by atoms with van der Waals surface area (Å²) in [4.78, 5) is 9.04. The Kier molecular flexibility index (Phi) is 4.02. The minimum Gasteiger partial charge on any atom is -0.248 e. The van der Waals surface area contributed by atoms with Gasteiger partial charge in [-0.2, -0.15) is 5.26 Å². The second kappa shape index (κ2) is 7.02. The fourth-order valence-electron chi connectivity index (χ4n) is 4.20. The molecule has 0 fully saturated rings. The topological polar surface area (TPSA) is 49.6 Å². The first-order valence-electron chi connectivity index (χ1n) is 9.99. The number of aromatic nitrogens is 2. The fraction of sp³-hybridized carbons (Fsp3) is 0. The summed E-state index contributed by atoms with van der Waals surface area (Å²) in [5, 5.41) is 14.2. The molecule has 0 bridgehead atoms. The number of benzene rings is 3. The molecule has 0 N–H and O–H groups in total. The average molecular weight is 414 g/mol. The largest absolute Gasteiger partial charge is 0.248 e. The van der Waals surface area contributed by atoms with Crippen LogP contribution in [0.2, 0.25) is 0 Å². The molecule has 6 aromatic rings. The molecule has 4 heteroatoms. The summed E-state index contributed by atoms with van der Waals surface area (Å²) in [7, 11) is 0. The smallest absolute Gasteiger partial charge is 0.141 e. The predicted molar refractivity (Wildman–Crippen MR) is 128 cm³/mol. The van der Waals surface area contributed by atoms with Gasteiger partial charge in [0.05, 0.1) is 11.4 Å². The Balaban J connectivity index is 1.63. The number of rotatable bonds is 2. The molecule has 0 saturated carbocycles. The van der Waals surface area contributed by atoms with Crippen molar-refractivity contribution in [2.45, 2.75) is 0 Å². The first kappa shape index (κ1) is 17.8. The number of hydrogen-bond acceptors (Lipinski definition) is 4. The van der Waals surface area contributed by atoms with E-state index in [9.17, 15) is 5.26 Å². The summed E-state index contributed by atoms with van der Waals surface area (Å²) in [6.07, 6.45) is 1.65. The highest BCUT2D eigenvalue weighted by Crippen LogP contribution is 2.42. The summed E-state index contributed by atoms with van der Waals surface area (Å²) in [6.45, 7) is 0. The molecule has 3 heterocycles. The predicted octanol–water partition coefficient (Wildman–Crippen LogP) is 7.20. The van der Waals surface area contributed by atoms with Crippen molar-refractivity contribution in [1.29, 1.82) is 5.26 Å². The van der Waals surface area contributed by atoms with Gasteiger partial charge in [-0.1, -0.05) is 48.5 Å². The highest BCUT2D eigenvalue weighted by atomic mass is 32.1. The molecule has 3 aromatic carbocycles. The molecule has 0 unspecified atom stereocenters. The minimum absolute atomic E-state index is 0.391. The lowest BCUT2D eigenvalue weighted by Crippen LogP contribution is -1.91. The molecule has 144 valence electrons. The van der Waals surface area contributed by atoms with Gasteiger partial charge >= 0.3 is 0 Å². The molecular formula is C27H15N3S. The lowest BCUT2D eigenvalue weighted by molar-refractivity contribution is 1.25. The Hall–Kier alpha value is -4.07. The third kappa shape index (κ3) is 2.87. The van der Waals surface area contributed by atoms with E-state index in [0.717, 1.165) is 22.5 Å². The Morgan fingerprint density at radius 1 is 0.710 bits per heavy atom. The van der Waals surface area contributed by atoms with E-state index in [1.807, 2.05) is 29.5 Å². The molecule has 0 aliphatic carbocycles. The number of pyridine rings is 2. The Labute approximate surface area is 182 Å². The molecule has 0 aliphatic heterocycles. The van der Waals surface area contributed by atoms with Gasteiger partial charge in [0.2, 0.25) is 0 Å². The van der Waals surface area contributed by atoms with Crippen LogP contribution in [0, 0.1) is 11.3 Å². The van der Waals surface area contributed by atoms with E-state index in [-0.39, 0.29) is 0 Å². The van der Waals surface area contributed by atoms with Crippen LogP contribution >= 0.6 is 11.3 Å². The van der Waals surface area contributed by atoms with Gasteiger partial charge in [0.15, 0.2) is 0 Å². The zero-order valence-corrected chi connectivity index (χ0v) is 17.2.